The van der Waals surface area contributed by atoms with E-state index in [9.17, 15) is 18.0 Å². The summed E-state index contributed by atoms with van der Waals surface area (Å²) in [5, 5.41) is 4.85. The van der Waals surface area contributed by atoms with Crippen molar-refractivity contribution in [1.29, 1.82) is 0 Å². The molecule has 1 amide bonds. The van der Waals surface area contributed by atoms with Crippen LogP contribution in [0.1, 0.15) is 42.1 Å². The second kappa shape index (κ2) is 10.5. The number of hydrogen-bond donors (Lipinski definition) is 2. The summed E-state index contributed by atoms with van der Waals surface area (Å²) in [6, 6.07) is 5.08. The lowest BCUT2D eigenvalue weighted by Gasteiger charge is -2.16. The molecule has 0 saturated heterocycles. The molecule has 29 heavy (non-hydrogen) atoms. The van der Waals surface area contributed by atoms with Crippen molar-refractivity contribution < 1.29 is 22.7 Å². The average Bonchev–Trinajstić information content (AvgIpc) is 2.65. The van der Waals surface area contributed by atoms with E-state index in [0.29, 0.717) is 10.9 Å². The number of nitrogens with zero attached hydrogens (tertiary/aromatic N) is 1. The molecular weight excluding hydrogens is 471 g/mol. The van der Waals surface area contributed by atoms with Gasteiger partial charge in [-0.25, -0.2) is 0 Å². The Morgan fingerprint density at radius 2 is 2.00 bits per heavy atom. The van der Waals surface area contributed by atoms with Gasteiger partial charge in [0.2, 0.25) is 0 Å². The van der Waals surface area contributed by atoms with E-state index in [-0.39, 0.29) is 28.7 Å². The zero-order valence-corrected chi connectivity index (χ0v) is 17.9. The van der Waals surface area contributed by atoms with Crippen molar-refractivity contribution in [3.05, 3.63) is 52.3 Å². The lowest BCUT2D eigenvalue weighted by molar-refractivity contribution is -0.138. The minimum absolute atomic E-state index is 0.0795. The van der Waals surface area contributed by atoms with Gasteiger partial charge in [-0.3, -0.25) is 15.1 Å². The number of halogens is 4. The van der Waals surface area contributed by atoms with Crippen molar-refractivity contribution in [2.45, 2.75) is 32.4 Å². The first-order valence-corrected chi connectivity index (χ1v) is 9.97. The van der Waals surface area contributed by atoms with Crippen LogP contribution in [-0.2, 0) is 6.18 Å². The van der Waals surface area contributed by atoms with Gasteiger partial charge in [0.1, 0.15) is 5.75 Å². The highest BCUT2D eigenvalue weighted by Crippen LogP contribution is 2.38. The van der Waals surface area contributed by atoms with Crippen LogP contribution in [0.25, 0.3) is 0 Å². The number of thiocarbonyl (C=S) groups is 1. The zero-order valence-electron chi connectivity index (χ0n) is 15.5. The highest BCUT2D eigenvalue weighted by atomic mass is 79.9. The quantitative estimate of drug-likeness (QED) is 0.393. The Labute approximate surface area is 180 Å². The van der Waals surface area contributed by atoms with E-state index < -0.39 is 17.6 Å². The molecule has 0 saturated carbocycles. The van der Waals surface area contributed by atoms with Crippen molar-refractivity contribution >= 4 is 44.9 Å². The molecule has 0 atom stereocenters. The Balaban J connectivity index is 2.07. The number of carbonyl (C=O) groups is 1. The van der Waals surface area contributed by atoms with Crippen LogP contribution in [0.2, 0.25) is 0 Å². The normalized spacial score (nSPS) is 11.1. The molecule has 1 aromatic carbocycles. The molecule has 0 fully saturated rings. The lowest BCUT2D eigenvalue weighted by atomic mass is 10.1. The summed E-state index contributed by atoms with van der Waals surface area (Å²) in [6.45, 7) is 2.20. The molecule has 5 nitrogen and oxygen atoms in total. The van der Waals surface area contributed by atoms with Gasteiger partial charge < -0.3 is 10.1 Å². The maximum Gasteiger partial charge on any atom is 0.420 e. The van der Waals surface area contributed by atoms with Gasteiger partial charge in [0.05, 0.1) is 17.7 Å². The number of unbranched alkanes of at least 4 members (excludes halogenated alkanes) is 2. The van der Waals surface area contributed by atoms with Crippen LogP contribution in [0.3, 0.4) is 0 Å². The van der Waals surface area contributed by atoms with Crippen molar-refractivity contribution in [3.8, 4) is 5.75 Å². The maximum absolute atomic E-state index is 13.4. The highest BCUT2D eigenvalue weighted by molar-refractivity contribution is 9.10. The monoisotopic (exact) mass is 489 g/mol. The molecule has 0 aliphatic carbocycles. The van der Waals surface area contributed by atoms with E-state index in [1.807, 2.05) is 6.92 Å². The van der Waals surface area contributed by atoms with Crippen molar-refractivity contribution in [1.82, 2.24) is 10.3 Å². The first kappa shape index (κ1) is 23.1. The molecule has 0 unspecified atom stereocenters. The molecule has 2 N–H and O–H groups in total. The molecule has 156 valence electrons. The van der Waals surface area contributed by atoms with Crippen LogP contribution in [0, 0.1) is 0 Å². The van der Waals surface area contributed by atoms with Crippen molar-refractivity contribution in [2.75, 3.05) is 11.9 Å². The number of benzene rings is 1. The summed E-state index contributed by atoms with van der Waals surface area (Å²) in [7, 11) is 0. The Morgan fingerprint density at radius 1 is 1.24 bits per heavy atom. The van der Waals surface area contributed by atoms with E-state index in [1.54, 1.807) is 0 Å². The summed E-state index contributed by atoms with van der Waals surface area (Å²) >= 11 is 8.23. The van der Waals surface area contributed by atoms with E-state index >= 15 is 0 Å². The molecule has 0 aliphatic rings. The van der Waals surface area contributed by atoms with Crippen LogP contribution < -0.4 is 15.4 Å². The summed E-state index contributed by atoms with van der Waals surface area (Å²) in [5.41, 5.74) is -0.587. The van der Waals surface area contributed by atoms with Crippen molar-refractivity contribution in [3.63, 3.8) is 0 Å². The standard InChI is InChI=1S/C19H19BrF3N3O2S/c1-2-3-4-7-28-16-6-5-14(9-15(16)19(21,22)23)25-18(29)26-17(27)12-8-13(20)11-24-10-12/h5-6,8-11H,2-4,7H2,1H3,(H2,25,26,27,29). The molecule has 0 spiro atoms. The molecule has 0 aliphatic heterocycles. The number of ether oxygens (including phenoxy) is 1. The number of anilines is 1. The minimum Gasteiger partial charge on any atom is -0.493 e. The smallest absolute Gasteiger partial charge is 0.420 e. The predicted octanol–water partition coefficient (Wildman–Crippen LogP) is 5.56. The topological polar surface area (TPSA) is 63.2 Å². The Morgan fingerprint density at radius 3 is 2.66 bits per heavy atom. The SMILES string of the molecule is CCCCCOc1ccc(NC(=S)NC(=O)c2cncc(Br)c2)cc1C(F)(F)F. The Hall–Kier alpha value is -2.20. The van der Waals surface area contributed by atoms with Crippen LogP contribution in [-0.4, -0.2) is 22.6 Å². The first-order valence-electron chi connectivity index (χ1n) is 8.77. The van der Waals surface area contributed by atoms with E-state index in [4.69, 9.17) is 17.0 Å². The second-order valence-corrected chi connectivity index (χ2v) is 7.39. The average molecular weight is 490 g/mol. The zero-order chi connectivity index (χ0) is 21.4. The van der Waals surface area contributed by atoms with Crippen LogP contribution >= 0.6 is 28.1 Å². The molecule has 2 aromatic rings. The molecule has 2 rings (SSSR count). The molecule has 0 bridgehead atoms. The molecule has 10 heteroatoms. The van der Waals surface area contributed by atoms with Gasteiger partial charge in [-0.05, 0) is 58.8 Å². The van der Waals surface area contributed by atoms with Crippen molar-refractivity contribution in [2.24, 2.45) is 0 Å². The summed E-state index contributed by atoms with van der Waals surface area (Å²) in [4.78, 5) is 16.0. The van der Waals surface area contributed by atoms with E-state index in [0.717, 1.165) is 18.9 Å². The number of hydrogen-bond acceptors (Lipinski definition) is 4. The van der Waals surface area contributed by atoms with Crippen LogP contribution in [0.5, 0.6) is 5.75 Å². The number of pyridine rings is 1. The van der Waals surface area contributed by atoms with Gasteiger partial charge in [-0.2, -0.15) is 13.2 Å². The fourth-order valence-electron chi connectivity index (χ4n) is 2.36. The molecule has 0 radical (unpaired) electrons. The maximum atomic E-state index is 13.4. The number of amides is 1. The Kier molecular flexibility index (Phi) is 8.39. The van der Waals surface area contributed by atoms with Gasteiger partial charge in [0.15, 0.2) is 5.11 Å². The summed E-state index contributed by atoms with van der Waals surface area (Å²) in [6.07, 6.45) is 0.756. The first-order chi connectivity index (χ1) is 13.7. The molecule has 1 aromatic heterocycles. The minimum atomic E-state index is -4.59. The van der Waals surface area contributed by atoms with Gasteiger partial charge in [0, 0.05) is 22.6 Å². The third kappa shape index (κ3) is 7.28. The summed E-state index contributed by atoms with van der Waals surface area (Å²) < 4.78 is 46.1. The second-order valence-electron chi connectivity index (χ2n) is 6.06. The third-order valence-corrected chi connectivity index (χ3v) is 4.38. The number of carbonyl (C=O) groups excluding carboxylic acids is 1. The van der Waals surface area contributed by atoms with Gasteiger partial charge in [-0.1, -0.05) is 19.8 Å². The largest absolute Gasteiger partial charge is 0.493 e. The van der Waals surface area contributed by atoms with Gasteiger partial charge in [0.25, 0.3) is 5.91 Å². The van der Waals surface area contributed by atoms with Crippen LogP contribution in [0.15, 0.2) is 41.1 Å². The number of nitrogens with one attached hydrogen (secondary N) is 2. The third-order valence-electron chi connectivity index (χ3n) is 3.74. The van der Waals surface area contributed by atoms with E-state index in [2.05, 4.69) is 31.5 Å². The molecular formula is C19H19BrF3N3O2S. The van der Waals surface area contributed by atoms with Gasteiger partial charge >= 0.3 is 6.18 Å². The fraction of sp³-hybridized carbons (Fsp3) is 0.316. The van der Waals surface area contributed by atoms with Crippen LogP contribution in [0.4, 0.5) is 18.9 Å². The number of aromatic nitrogens is 1. The summed E-state index contributed by atoms with van der Waals surface area (Å²) in [5.74, 6) is -0.780. The molecule has 1 heterocycles. The number of rotatable bonds is 7. The number of alkyl halides is 3. The van der Waals surface area contributed by atoms with Gasteiger partial charge in [-0.15, -0.1) is 0 Å². The Bertz CT molecular complexity index is 878. The fourth-order valence-corrected chi connectivity index (χ4v) is 2.94. The van der Waals surface area contributed by atoms with E-state index in [1.165, 1.54) is 30.6 Å². The lowest BCUT2D eigenvalue weighted by Crippen LogP contribution is -2.34. The predicted molar refractivity (Wildman–Crippen MR) is 112 cm³/mol. The highest BCUT2D eigenvalue weighted by Gasteiger charge is 2.34.